The zero-order chi connectivity index (χ0) is 12.3. The molecule has 0 spiro atoms. The van der Waals surface area contributed by atoms with Gasteiger partial charge in [0, 0.05) is 13.6 Å². The zero-order valence-electron chi connectivity index (χ0n) is 9.13. The molecule has 0 aliphatic carbocycles. The molecule has 6 heteroatoms. The molecule has 0 radical (unpaired) electrons. The molecular formula is C10H14Cl2N2O2. The maximum atomic E-state index is 11.7. The van der Waals surface area contributed by atoms with Crippen molar-refractivity contribution < 1.29 is 9.90 Å². The minimum Gasteiger partial charge on any atom is -0.391 e. The maximum Gasteiger partial charge on any atom is 0.268 e. The quantitative estimate of drug-likeness (QED) is 0.872. The Hall–Kier alpha value is -0.710. The predicted molar refractivity (Wildman–Crippen MR) is 64.1 cm³/mol. The lowest BCUT2D eigenvalue weighted by atomic mass is 10.3. The Morgan fingerprint density at radius 3 is 2.69 bits per heavy atom. The Morgan fingerprint density at radius 2 is 2.25 bits per heavy atom. The molecule has 1 aromatic heterocycles. The van der Waals surface area contributed by atoms with E-state index in [2.05, 4.69) is 5.32 Å². The van der Waals surface area contributed by atoms with Crippen molar-refractivity contribution in [3.63, 3.8) is 0 Å². The number of hydrogen-bond acceptors (Lipinski definition) is 2. The molecule has 0 saturated heterocycles. The summed E-state index contributed by atoms with van der Waals surface area (Å²) in [6.45, 7) is 2.06. The molecule has 90 valence electrons. The first-order valence-corrected chi connectivity index (χ1v) is 5.70. The van der Waals surface area contributed by atoms with E-state index < -0.39 is 6.10 Å². The Morgan fingerprint density at radius 1 is 1.62 bits per heavy atom. The third-order valence-electron chi connectivity index (χ3n) is 2.32. The molecule has 0 aliphatic heterocycles. The van der Waals surface area contributed by atoms with Gasteiger partial charge in [0.2, 0.25) is 0 Å². The lowest BCUT2D eigenvalue weighted by Gasteiger charge is -2.09. The van der Waals surface area contributed by atoms with Crippen molar-refractivity contribution in [2.75, 3.05) is 6.54 Å². The van der Waals surface area contributed by atoms with Gasteiger partial charge in [-0.05, 0) is 12.5 Å². The number of nitrogens with one attached hydrogen (secondary N) is 1. The van der Waals surface area contributed by atoms with Crippen LogP contribution < -0.4 is 5.32 Å². The third-order valence-corrected chi connectivity index (χ3v) is 3.16. The Balaban J connectivity index is 2.70. The highest BCUT2D eigenvalue weighted by Gasteiger charge is 2.15. The first-order valence-electron chi connectivity index (χ1n) is 4.94. The lowest BCUT2D eigenvalue weighted by Crippen LogP contribution is -2.32. The third kappa shape index (κ3) is 2.90. The van der Waals surface area contributed by atoms with Crippen LogP contribution in [-0.4, -0.2) is 28.2 Å². The molecule has 0 aromatic carbocycles. The van der Waals surface area contributed by atoms with E-state index in [9.17, 15) is 9.90 Å². The summed E-state index contributed by atoms with van der Waals surface area (Å²) in [6.07, 6.45) is 0.0599. The number of amides is 1. The number of halogens is 2. The molecule has 4 nitrogen and oxygen atoms in total. The van der Waals surface area contributed by atoms with Gasteiger partial charge < -0.3 is 15.0 Å². The van der Waals surface area contributed by atoms with Gasteiger partial charge >= 0.3 is 0 Å². The molecule has 0 bridgehead atoms. The van der Waals surface area contributed by atoms with Gasteiger partial charge in [-0.3, -0.25) is 4.79 Å². The molecule has 1 rings (SSSR count). The minimum atomic E-state index is -0.532. The van der Waals surface area contributed by atoms with Crippen molar-refractivity contribution in [2.45, 2.75) is 19.4 Å². The van der Waals surface area contributed by atoms with Gasteiger partial charge in [-0.15, -0.1) is 0 Å². The maximum absolute atomic E-state index is 11.7. The second kappa shape index (κ2) is 5.57. The highest BCUT2D eigenvalue weighted by Crippen LogP contribution is 2.24. The Kier molecular flexibility index (Phi) is 4.65. The van der Waals surface area contributed by atoms with Crippen LogP contribution in [0.3, 0.4) is 0 Å². The van der Waals surface area contributed by atoms with Crippen LogP contribution in [0.5, 0.6) is 0 Å². The minimum absolute atomic E-state index is 0.218. The van der Waals surface area contributed by atoms with Crippen molar-refractivity contribution in [3.8, 4) is 0 Å². The molecule has 1 atom stereocenters. The first-order chi connectivity index (χ1) is 7.47. The molecule has 0 saturated carbocycles. The van der Waals surface area contributed by atoms with E-state index in [0.717, 1.165) is 0 Å². The molecule has 16 heavy (non-hydrogen) atoms. The Bertz CT molecular complexity index is 390. The lowest BCUT2D eigenvalue weighted by molar-refractivity contribution is 0.0906. The fraction of sp³-hybridized carbons (Fsp3) is 0.500. The van der Waals surface area contributed by atoms with Crippen LogP contribution >= 0.6 is 23.2 Å². The van der Waals surface area contributed by atoms with Gasteiger partial charge in [-0.2, -0.15) is 0 Å². The first kappa shape index (κ1) is 13.4. The van der Waals surface area contributed by atoms with Gasteiger partial charge in [0.05, 0.1) is 11.1 Å². The van der Waals surface area contributed by atoms with Crippen LogP contribution in [0.1, 0.15) is 23.8 Å². The second-order valence-electron chi connectivity index (χ2n) is 3.50. The molecule has 1 heterocycles. The van der Waals surface area contributed by atoms with Crippen LogP contribution in [0, 0.1) is 0 Å². The molecule has 1 unspecified atom stereocenters. The van der Waals surface area contributed by atoms with E-state index >= 15 is 0 Å². The number of aliphatic hydroxyl groups is 1. The largest absolute Gasteiger partial charge is 0.391 e. The smallest absolute Gasteiger partial charge is 0.268 e. The Labute approximate surface area is 104 Å². The number of rotatable bonds is 4. The molecule has 0 aliphatic rings. The van der Waals surface area contributed by atoms with Gasteiger partial charge in [-0.1, -0.05) is 30.1 Å². The fourth-order valence-corrected chi connectivity index (χ4v) is 1.58. The summed E-state index contributed by atoms with van der Waals surface area (Å²) < 4.78 is 1.50. The summed E-state index contributed by atoms with van der Waals surface area (Å²) in [5, 5.41) is 12.6. The van der Waals surface area contributed by atoms with Crippen molar-refractivity contribution in [2.24, 2.45) is 7.05 Å². The van der Waals surface area contributed by atoms with Crippen LogP contribution in [0.25, 0.3) is 0 Å². The van der Waals surface area contributed by atoms with Gasteiger partial charge in [0.15, 0.2) is 0 Å². The summed E-state index contributed by atoms with van der Waals surface area (Å²) in [7, 11) is 1.65. The highest BCUT2D eigenvalue weighted by atomic mass is 35.5. The summed E-state index contributed by atoms with van der Waals surface area (Å²) >= 11 is 11.6. The van der Waals surface area contributed by atoms with E-state index in [1.165, 1.54) is 10.6 Å². The number of nitrogens with zero attached hydrogens (tertiary/aromatic N) is 1. The van der Waals surface area contributed by atoms with E-state index in [1.54, 1.807) is 7.05 Å². The highest BCUT2D eigenvalue weighted by molar-refractivity contribution is 6.41. The number of carbonyl (C=O) groups excluding carboxylic acids is 1. The summed E-state index contributed by atoms with van der Waals surface area (Å²) in [5.41, 5.74) is 0.373. The zero-order valence-corrected chi connectivity index (χ0v) is 10.6. The number of carbonyl (C=O) groups is 1. The average molecular weight is 265 g/mol. The van der Waals surface area contributed by atoms with E-state index in [0.29, 0.717) is 22.3 Å². The molecule has 2 N–H and O–H groups in total. The molecule has 1 aromatic rings. The fourth-order valence-electron chi connectivity index (χ4n) is 1.21. The van der Waals surface area contributed by atoms with E-state index in [4.69, 9.17) is 23.2 Å². The van der Waals surface area contributed by atoms with Crippen molar-refractivity contribution in [3.05, 3.63) is 21.9 Å². The van der Waals surface area contributed by atoms with E-state index in [-0.39, 0.29) is 12.5 Å². The van der Waals surface area contributed by atoms with Gasteiger partial charge in [0.25, 0.3) is 5.91 Å². The molecule has 0 fully saturated rings. The summed E-state index contributed by atoms with van der Waals surface area (Å²) in [6, 6.07) is 1.50. The molecular weight excluding hydrogens is 251 g/mol. The summed E-state index contributed by atoms with van der Waals surface area (Å²) in [4.78, 5) is 11.7. The van der Waals surface area contributed by atoms with Gasteiger partial charge in [0.1, 0.15) is 10.8 Å². The number of aromatic nitrogens is 1. The van der Waals surface area contributed by atoms with Crippen LogP contribution in [0.15, 0.2) is 6.07 Å². The topological polar surface area (TPSA) is 54.3 Å². The van der Waals surface area contributed by atoms with Crippen LogP contribution in [-0.2, 0) is 7.05 Å². The number of aliphatic hydroxyl groups excluding tert-OH is 1. The SMILES string of the molecule is CCC(O)CNC(=O)c1cc(Cl)c(Cl)n1C. The van der Waals surface area contributed by atoms with Crippen molar-refractivity contribution >= 4 is 29.1 Å². The average Bonchev–Trinajstić information content (AvgIpc) is 2.53. The monoisotopic (exact) mass is 264 g/mol. The normalized spacial score (nSPS) is 12.6. The molecule has 1 amide bonds. The summed E-state index contributed by atoms with van der Waals surface area (Å²) in [5.74, 6) is -0.302. The second-order valence-corrected chi connectivity index (χ2v) is 4.26. The predicted octanol–water partition coefficient (Wildman–Crippen LogP) is 1.83. The van der Waals surface area contributed by atoms with E-state index in [1.807, 2.05) is 6.92 Å². The standard InChI is InChI=1S/C10H14Cl2N2O2/c1-3-6(15)5-13-10(16)8-4-7(11)9(12)14(8)2/h4,6,15H,3,5H2,1-2H3,(H,13,16). The van der Waals surface area contributed by atoms with Crippen molar-refractivity contribution in [1.29, 1.82) is 0 Å². The van der Waals surface area contributed by atoms with Crippen LogP contribution in [0.2, 0.25) is 10.2 Å². The van der Waals surface area contributed by atoms with Gasteiger partial charge in [-0.25, -0.2) is 0 Å². The van der Waals surface area contributed by atoms with Crippen molar-refractivity contribution in [1.82, 2.24) is 9.88 Å². The van der Waals surface area contributed by atoms with Crippen LogP contribution in [0.4, 0.5) is 0 Å². The number of hydrogen-bond donors (Lipinski definition) is 2.